The average molecular weight is 326 g/mol. The molecule has 0 heterocycles. The molecule has 0 bridgehead atoms. The van der Waals surface area contributed by atoms with E-state index in [1.165, 1.54) is 31.4 Å². The summed E-state index contributed by atoms with van der Waals surface area (Å²) in [6.07, 6.45) is 0. The second kappa shape index (κ2) is 6.71. The van der Waals surface area contributed by atoms with Crippen molar-refractivity contribution in [3.8, 4) is 5.75 Å². The number of aromatic carboxylic acids is 1. The summed E-state index contributed by atoms with van der Waals surface area (Å²) in [7, 11) is 1.50. The minimum atomic E-state index is -1.56. The molecule has 2 rings (SSSR count). The highest BCUT2D eigenvalue weighted by Crippen LogP contribution is 2.29. The predicted octanol–water partition coefficient (Wildman–Crippen LogP) is 3.18. The van der Waals surface area contributed by atoms with Crippen molar-refractivity contribution in [1.82, 2.24) is 0 Å². The van der Waals surface area contributed by atoms with Crippen LogP contribution in [0.2, 0.25) is 5.02 Å². The third-order valence-electron chi connectivity index (χ3n) is 2.68. The van der Waals surface area contributed by atoms with Crippen LogP contribution >= 0.6 is 11.6 Å². The summed E-state index contributed by atoms with van der Waals surface area (Å²) < 4.78 is 20.2. The molecule has 2 N–H and O–H groups in total. The molecule has 0 aliphatic carbocycles. The summed E-state index contributed by atoms with van der Waals surface area (Å²) in [4.78, 5) is 11.2. The van der Waals surface area contributed by atoms with E-state index in [1.54, 1.807) is 18.2 Å². The van der Waals surface area contributed by atoms with Crippen LogP contribution in [0.1, 0.15) is 10.4 Å². The van der Waals surface area contributed by atoms with Gasteiger partial charge in [-0.05, 0) is 42.5 Å². The van der Waals surface area contributed by atoms with Gasteiger partial charge in [-0.2, -0.15) is 4.72 Å². The monoisotopic (exact) mass is 325 g/mol. The van der Waals surface area contributed by atoms with Crippen LogP contribution in [-0.2, 0) is 11.4 Å². The predicted molar refractivity (Wildman–Crippen MR) is 81.4 cm³/mol. The van der Waals surface area contributed by atoms with Gasteiger partial charge in [-0.1, -0.05) is 11.6 Å². The Labute approximate surface area is 129 Å². The van der Waals surface area contributed by atoms with Gasteiger partial charge in [0.2, 0.25) is 0 Å². The Morgan fingerprint density at radius 3 is 2.52 bits per heavy atom. The maximum absolute atomic E-state index is 12.2. The van der Waals surface area contributed by atoms with Crippen LogP contribution in [-0.4, -0.2) is 22.7 Å². The molecule has 7 heteroatoms. The number of ether oxygens (including phenoxy) is 1. The molecular weight excluding hydrogens is 314 g/mol. The lowest BCUT2D eigenvalue weighted by molar-refractivity contribution is 0.0697. The lowest BCUT2D eigenvalue weighted by Gasteiger charge is -2.14. The lowest BCUT2D eigenvalue weighted by atomic mass is 10.2. The first-order valence-corrected chi connectivity index (χ1v) is 7.39. The minimum absolute atomic E-state index is 0.135. The smallest absolute Gasteiger partial charge is 0.335 e. The number of carboxylic acids is 1. The minimum Gasteiger partial charge on any atom is -0.588 e. The maximum atomic E-state index is 12.2. The van der Waals surface area contributed by atoms with Gasteiger partial charge in [0, 0.05) is 5.02 Å². The van der Waals surface area contributed by atoms with E-state index in [0.717, 1.165) is 0 Å². The summed E-state index contributed by atoms with van der Waals surface area (Å²) in [6, 6.07) is 10.7. The Kier molecular flexibility index (Phi) is 4.95. The van der Waals surface area contributed by atoms with Crippen molar-refractivity contribution in [2.45, 2.75) is 4.90 Å². The molecule has 0 saturated heterocycles. The Morgan fingerprint density at radius 2 is 1.95 bits per heavy atom. The van der Waals surface area contributed by atoms with Crippen LogP contribution < -0.4 is 9.46 Å². The van der Waals surface area contributed by atoms with Crippen LogP contribution in [0, 0.1) is 0 Å². The van der Waals surface area contributed by atoms with E-state index >= 15 is 0 Å². The molecule has 0 aromatic heterocycles. The van der Waals surface area contributed by atoms with Gasteiger partial charge in [-0.15, -0.1) is 0 Å². The summed E-state index contributed by atoms with van der Waals surface area (Å²) in [6.45, 7) is 0. The lowest BCUT2D eigenvalue weighted by Crippen LogP contribution is -2.14. The highest BCUT2D eigenvalue weighted by Gasteiger charge is 2.15. The van der Waals surface area contributed by atoms with Crippen molar-refractivity contribution < 1.29 is 19.2 Å². The Morgan fingerprint density at radius 1 is 1.29 bits per heavy atom. The van der Waals surface area contributed by atoms with Gasteiger partial charge in [0.25, 0.3) is 0 Å². The molecule has 0 saturated carbocycles. The molecule has 0 aliphatic heterocycles. The first-order valence-electron chi connectivity index (χ1n) is 5.86. The zero-order chi connectivity index (χ0) is 15.4. The number of halogens is 1. The standard InChI is InChI=1S/C14H12ClNO4S/c1-20-13-7-4-10(15)8-12(13)16-21(19)11-5-2-9(3-6-11)14(17)18/h2-8,16H,1H3,(H,17,18). The fraction of sp³-hybridized carbons (Fsp3) is 0.0714. The fourth-order valence-corrected chi connectivity index (χ4v) is 2.67. The van der Waals surface area contributed by atoms with Gasteiger partial charge in [0.1, 0.15) is 22.8 Å². The SMILES string of the molecule is COc1ccc(Cl)cc1N[S+]([O-])c1ccc(C(=O)O)cc1. The second-order valence-corrected chi connectivity index (χ2v) is 5.69. The van der Waals surface area contributed by atoms with Crippen molar-refractivity contribution in [2.75, 3.05) is 11.8 Å². The number of hydrogen-bond donors (Lipinski definition) is 2. The summed E-state index contributed by atoms with van der Waals surface area (Å²) in [5, 5.41) is 9.31. The molecule has 2 aromatic rings. The first kappa shape index (κ1) is 15.5. The largest absolute Gasteiger partial charge is 0.588 e. The van der Waals surface area contributed by atoms with Crippen LogP contribution in [0.3, 0.4) is 0 Å². The molecule has 2 aromatic carbocycles. The third kappa shape index (κ3) is 3.81. The second-order valence-electron chi connectivity index (χ2n) is 4.04. The number of benzene rings is 2. The van der Waals surface area contributed by atoms with Crippen LogP contribution in [0.5, 0.6) is 5.75 Å². The molecule has 0 amide bonds. The van der Waals surface area contributed by atoms with E-state index in [4.69, 9.17) is 21.4 Å². The van der Waals surface area contributed by atoms with Crippen molar-refractivity contribution in [3.63, 3.8) is 0 Å². The van der Waals surface area contributed by atoms with Gasteiger partial charge in [-0.25, -0.2) is 4.79 Å². The molecule has 0 radical (unpaired) electrons. The number of carbonyl (C=O) groups is 1. The van der Waals surface area contributed by atoms with E-state index in [0.29, 0.717) is 21.4 Å². The van der Waals surface area contributed by atoms with Gasteiger partial charge in [-0.3, -0.25) is 0 Å². The molecule has 0 fully saturated rings. The van der Waals surface area contributed by atoms with E-state index < -0.39 is 17.3 Å². The van der Waals surface area contributed by atoms with Crippen molar-refractivity contribution in [3.05, 3.63) is 53.1 Å². The molecule has 1 atom stereocenters. The van der Waals surface area contributed by atoms with E-state index in [2.05, 4.69) is 4.72 Å². The van der Waals surface area contributed by atoms with E-state index in [9.17, 15) is 9.35 Å². The van der Waals surface area contributed by atoms with Crippen molar-refractivity contribution in [1.29, 1.82) is 0 Å². The number of carboxylic acid groups (broad SMARTS) is 1. The van der Waals surface area contributed by atoms with Crippen LogP contribution in [0.25, 0.3) is 0 Å². The maximum Gasteiger partial charge on any atom is 0.335 e. The van der Waals surface area contributed by atoms with Gasteiger partial charge < -0.3 is 14.4 Å². The van der Waals surface area contributed by atoms with Crippen LogP contribution in [0.15, 0.2) is 47.4 Å². The summed E-state index contributed by atoms with van der Waals surface area (Å²) in [5.41, 5.74) is 0.627. The fourth-order valence-electron chi connectivity index (χ4n) is 1.64. The number of anilines is 1. The zero-order valence-corrected chi connectivity index (χ0v) is 12.6. The number of rotatable bonds is 5. The highest BCUT2D eigenvalue weighted by atomic mass is 35.5. The number of hydrogen-bond acceptors (Lipinski definition) is 4. The average Bonchev–Trinajstić information content (AvgIpc) is 2.47. The number of nitrogens with one attached hydrogen (secondary N) is 1. The van der Waals surface area contributed by atoms with E-state index in [1.807, 2.05) is 0 Å². The molecule has 0 aliphatic rings. The quantitative estimate of drug-likeness (QED) is 0.825. The Bertz CT molecular complexity index is 648. The summed E-state index contributed by atoms with van der Waals surface area (Å²) in [5.74, 6) is -0.522. The molecule has 110 valence electrons. The van der Waals surface area contributed by atoms with Crippen molar-refractivity contribution in [2.24, 2.45) is 0 Å². The van der Waals surface area contributed by atoms with E-state index in [-0.39, 0.29) is 5.56 Å². The van der Waals surface area contributed by atoms with Gasteiger partial charge in [0.05, 0.1) is 12.7 Å². The Hall–Kier alpha value is -1.89. The van der Waals surface area contributed by atoms with Gasteiger partial charge in [0.15, 0.2) is 4.90 Å². The first-order chi connectivity index (χ1) is 10.0. The third-order valence-corrected chi connectivity index (χ3v) is 4.02. The molecule has 21 heavy (non-hydrogen) atoms. The molecule has 1 unspecified atom stereocenters. The number of methoxy groups -OCH3 is 1. The Balaban J connectivity index is 2.19. The molecule has 5 nitrogen and oxygen atoms in total. The van der Waals surface area contributed by atoms with Crippen LogP contribution in [0.4, 0.5) is 5.69 Å². The normalized spacial score (nSPS) is 11.8. The highest BCUT2D eigenvalue weighted by molar-refractivity contribution is 7.92. The summed E-state index contributed by atoms with van der Waals surface area (Å²) >= 11 is 4.34. The molecular formula is C14H12ClNO4S. The zero-order valence-electron chi connectivity index (χ0n) is 11.0. The van der Waals surface area contributed by atoms with Crippen molar-refractivity contribution >= 4 is 34.6 Å². The topological polar surface area (TPSA) is 81.6 Å². The van der Waals surface area contributed by atoms with Gasteiger partial charge >= 0.3 is 5.97 Å². The molecule has 0 spiro atoms.